The fourth-order valence-corrected chi connectivity index (χ4v) is 4.80. The minimum Gasteiger partial charge on any atom is -0.497 e. The van der Waals surface area contributed by atoms with Crippen molar-refractivity contribution in [1.82, 2.24) is 30.1 Å². The number of pyridine rings is 1. The van der Waals surface area contributed by atoms with E-state index >= 15 is 0 Å². The van der Waals surface area contributed by atoms with Crippen molar-refractivity contribution in [2.24, 2.45) is 0 Å². The first-order chi connectivity index (χ1) is 17.2. The van der Waals surface area contributed by atoms with Gasteiger partial charge >= 0.3 is 0 Å². The van der Waals surface area contributed by atoms with Gasteiger partial charge in [0.05, 0.1) is 26.3 Å². The number of likely N-dealkylation sites (tertiary alicyclic amines) is 1. The Labute approximate surface area is 203 Å². The number of methoxy groups -OCH3 is 2. The number of fused-ring (bicyclic) bond motifs is 1. The Kier molecular flexibility index (Phi) is 6.76. The summed E-state index contributed by atoms with van der Waals surface area (Å²) in [6, 6.07) is 15.2. The highest BCUT2D eigenvalue weighted by Gasteiger charge is 2.31. The predicted molar refractivity (Wildman–Crippen MR) is 133 cm³/mol. The van der Waals surface area contributed by atoms with Gasteiger partial charge in [0.25, 0.3) is 5.56 Å². The molecule has 5 rings (SSSR count). The number of hydrogen-bond donors (Lipinski definition) is 1. The lowest BCUT2D eigenvalue weighted by Gasteiger charge is -2.29. The summed E-state index contributed by atoms with van der Waals surface area (Å²) >= 11 is 0. The number of rotatable bonds is 7. The van der Waals surface area contributed by atoms with Crippen molar-refractivity contribution in [3.8, 4) is 11.5 Å². The first-order valence-corrected chi connectivity index (χ1v) is 12.0. The fourth-order valence-electron chi connectivity index (χ4n) is 4.80. The van der Waals surface area contributed by atoms with Gasteiger partial charge in [-0.2, -0.15) is 0 Å². The lowest BCUT2D eigenvalue weighted by atomic mass is 10.0. The van der Waals surface area contributed by atoms with Crippen LogP contribution >= 0.6 is 0 Å². The van der Waals surface area contributed by atoms with Gasteiger partial charge < -0.3 is 14.5 Å². The Hall–Kier alpha value is -3.72. The number of aromatic nitrogens is 5. The molecule has 0 radical (unpaired) electrons. The lowest BCUT2D eigenvalue weighted by molar-refractivity contribution is 0.220. The largest absolute Gasteiger partial charge is 0.497 e. The van der Waals surface area contributed by atoms with E-state index in [-0.39, 0.29) is 11.6 Å². The minimum atomic E-state index is -0.350. The van der Waals surface area contributed by atoms with Crippen LogP contribution in [0.5, 0.6) is 11.5 Å². The van der Waals surface area contributed by atoms with Gasteiger partial charge in [-0.1, -0.05) is 25.0 Å². The van der Waals surface area contributed by atoms with Crippen LogP contribution in [0, 0.1) is 0 Å². The van der Waals surface area contributed by atoms with E-state index in [1.165, 1.54) is 12.8 Å². The number of nitrogens with zero attached hydrogens (tertiary/aromatic N) is 5. The average Bonchev–Trinajstić information content (AvgIpc) is 3.16. The van der Waals surface area contributed by atoms with Crippen molar-refractivity contribution in [1.29, 1.82) is 0 Å². The zero-order valence-corrected chi connectivity index (χ0v) is 20.1. The molecule has 1 aliphatic rings. The summed E-state index contributed by atoms with van der Waals surface area (Å²) in [5.74, 6) is 2.17. The van der Waals surface area contributed by atoms with Crippen LogP contribution in [0.25, 0.3) is 10.9 Å². The molecule has 1 atom stereocenters. The smallest absolute Gasteiger partial charge is 0.253 e. The molecule has 1 fully saturated rings. The molecule has 0 bridgehead atoms. The average molecular weight is 475 g/mol. The summed E-state index contributed by atoms with van der Waals surface area (Å²) in [6.07, 6.45) is 4.54. The van der Waals surface area contributed by atoms with E-state index in [1.807, 2.05) is 48.5 Å². The molecule has 2 aromatic carbocycles. The van der Waals surface area contributed by atoms with Crippen LogP contribution < -0.4 is 15.0 Å². The summed E-state index contributed by atoms with van der Waals surface area (Å²) in [4.78, 5) is 18.8. The van der Waals surface area contributed by atoms with Crippen molar-refractivity contribution >= 4 is 10.9 Å². The summed E-state index contributed by atoms with van der Waals surface area (Å²) in [5, 5.41) is 13.7. The third-order valence-corrected chi connectivity index (χ3v) is 6.68. The Bertz CT molecular complexity index is 1340. The summed E-state index contributed by atoms with van der Waals surface area (Å²) in [7, 11) is 3.27. The number of H-pyrrole nitrogens is 1. The van der Waals surface area contributed by atoms with E-state index in [0.717, 1.165) is 48.1 Å². The monoisotopic (exact) mass is 474 g/mol. The summed E-state index contributed by atoms with van der Waals surface area (Å²) in [5.41, 5.74) is 2.30. The maximum absolute atomic E-state index is 13.4. The number of ether oxygens (including phenoxy) is 2. The van der Waals surface area contributed by atoms with Crippen LogP contribution in [0.4, 0.5) is 0 Å². The number of tetrazole rings is 1. The molecular formula is C26H30N6O3. The van der Waals surface area contributed by atoms with E-state index in [9.17, 15) is 4.79 Å². The topological polar surface area (TPSA) is 98.2 Å². The SMILES string of the molecule is COc1ccc(Cn2nnnc2[C@H](c2cc3ccc(OC)cc3[nH]c2=O)N2CCCCCC2)cc1. The second-order valence-corrected chi connectivity index (χ2v) is 8.90. The zero-order chi connectivity index (χ0) is 24.2. The minimum absolute atomic E-state index is 0.140. The van der Waals surface area contributed by atoms with Gasteiger partial charge in [-0.15, -0.1) is 5.10 Å². The quantitative estimate of drug-likeness (QED) is 0.437. The normalized spacial score (nSPS) is 15.6. The zero-order valence-electron chi connectivity index (χ0n) is 20.1. The van der Waals surface area contributed by atoms with Crippen LogP contribution in [0.3, 0.4) is 0 Å². The Morgan fingerprint density at radius 2 is 1.66 bits per heavy atom. The second kappa shape index (κ2) is 10.3. The van der Waals surface area contributed by atoms with Crippen LogP contribution in [-0.4, -0.2) is 57.4 Å². The third kappa shape index (κ3) is 4.90. The summed E-state index contributed by atoms with van der Waals surface area (Å²) in [6.45, 7) is 2.28. The van der Waals surface area contributed by atoms with E-state index in [0.29, 0.717) is 23.7 Å². The highest BCUT2D eigenvalue weighted by Crippen LogP contribution is 2.30. The molecule has 0 amide bonds. The van der Waals surface area contributed by atoms with E-state index in [2.05, 4.69) is 25.4 Å². The maximum Gasteiger partial charge on any atom is 0.253 e. The Balaban J connectivity index is 1.58. The molecule has 1 N–H and O–H groups in total. The molecule has 1 aliphatic heterocycles. The first kappa shape index (κ1) is 23.0. The van der Waals surface area contributed by atoms with Gasteiger partial charge in [0.2, 0.25) is 0 Å². The Morgan fingerprint density at radius 3 is 2.37 bits per heavy atom. The highest BCUT2D eigenvalue weighted by atomic mass is 16.5. The predicted octanol–water partition coefficient (Wildman–Crippen LogP) is 3.55. The fraction of sp³-hybridized carbons (Fsp3) is 0.385. The molecule has 0 spiro atoms. The molecule has 9 nitrogen and oxygen atoms in total. The highest BCUT2D eigenvalue weighted by molar-refractivity contribution is 5.80. The summed E-state index contributed by atoms with van der Waals surface area (Å²) < 4.78 is 12.4. The van der Waals surface area contributed by atoms with Gasteiger partial charge in [0.15, 0.2) is 5.82 Å². The molecule has 2 aromatic heterocycles. The van der Waals surface area contributed by atoms with Crippen LogP contribution in [0.2, 0.25) is 0 Å². The van der Waals surface area contributed by atoms with Crippen LogP contribution in [-0.2, 0) is 6.54 Å². The molecule has 35 heavy (non-hydrogen) atoms. The standard InChI is InChI=1S/C26H30N6O3/c1-34-20-10-7-18(8-11-20)17-32-25(28-29-30-32)24(31-13-5-3-4-6-14-31)22-15-19-9-12-21(35-2)16-23(19)27-26(22)33/h7-12,15-16,24H,3-6,13-14,17H2,1-2H3,(H,27,33)/t24-/m0/s1. The van der Waals surface area contributed by atoms with E-state index < -0.39 is 0 Å². The number of hydrogen-bond acceptors (Lipinski definition) is 7. The molecule has 182 valence electrons. The van der Waals surface area contributed by atoms with Gasteiger partial charge in [-0.05, 0) is 77.6 Å². The molecule has 1 saturated heterocycles. The lowest BCUT2D eigenvalue weighted by Crippen LogP contribution is -2.36. The molecule has 0 unspecified atom stereocenters. The Morgan fingerprint density at radius 1 is 0.943 bits per heavy atom. The number of benzene rings is 2. The van der Waals surface area contributed by atoms with Gasteiger partial charge in [0, 0.05) is 11.6 Å². The van der Waals surface area contributed by atoms with Crippen molar-refractivity contribution in [3.05, 3.63) is 75.8 Å². The van der Waals surface area contributed by atoms with Crippen molar-refractivity contribution < 1.29 is 9.47 Å². The second-order valence-electron chi connectivity index (χ2n) is 8.90. The van der Waals surface area contributed by atoms with E-state index in [4.69, 9.17) is 9.47 Å². The van der Waals surface area contributed by atoms with Crippen molar-refractivity contribution in [2.75, 3.05) is 27.3 Å². The molecule has 3 heterocycles. The molecule has 0 saturated carbocycles. The van der Waals surface area contributed by atoms with Gasteiger partial charge in [0.1, 0.15) is 17.5 Å². The first-order valence-electron chi connectivity index (χ1n) is 12.0. The van der Waals surface area contributed by atoms with Crippen molar-refractivity contribution in [2.45, 2.75) is 38.3 Å². The van der Waals surface area contributed by atoms with E-state index in [1.54, 1.807) is 18.9 Å². The number of aromatic amines is 1. The third-order valence-electron chi connectivity index (χ3n) is 6.68. The van der Waals surface area contributed by atoms with Gasteiger partial charge in [-0.25, -0.2) is 4.68 Å². The number of nitrogens with one attached hydrogen (secondary N) is 1. The van der Waals surface area contributed by atoms with Crippen LogP contribution in [0.15, 0.2) is 53.3 Å². The molecule has 0 aliphatic carbocycles. The molecule has 4 aromatic rings. The van der Waals surface area contributed by atoms with Gasteiger partial charge in [-0.3, -0.25) is 9.69 Å². The van der Waals surface area contributed by atoms with Crippen molar-refractivity contribution in [3.63, 3.8) is 0 Å². The molecule has 9 heteroatoms. The molecular weight excluding hydrogens is 444 g/mol. The van der Waals surface area contributed by atoms with Crippen LogP contribution in [0.1, 0.15) is 48.7 Å². The maximum atomic E-state index is 13.4.